The van der Waals surface area contributed by atoms with Gasteiger partial charge in [0.05, 0.1) is 5.41 Å². The Morgan fingerprint density at radius 3 is 2.53 bits per heavy atom. The van der Waals surface area contributed by atoms with Crippen molar-refractivity contribution in [1.82, 2.24) is 10.2 Å². The van der Waals surface area contributed by atoms with Gasteiger partial charge in [-0.05, 0) is 19.3 Å². The number of rotatable bonds is 3. The van der Waals surface area contributed by atoms with Crippen LogP contribution in [0, 0.1) is 5.41 Å². The number of hydrogen-bond donors (Lipinski definition) is 3. The molecule has 1 heterocycles. The normalized spacial score (nSPS) is 26.2. The molecule has 1 aliphatic heterocycles. The molecule has 108 valence electrons. The highest BCUT2D eigenvalue weighted by atomic mass is 16.4. The molecule has 0 radical (unpaired) electrons. The summed E-state index contributed by atoms with van der Waals surface area (Å²) in [5, 5.41) is 12.2. The van der Waals surface area contributed by atoms with Gasteiger partial charge in [0.1, 0.15) is 0 Å². The van der Waals surface area contributed by atoms with Gasteiger partial charge in [0.25, 0.3) is 0 Å². The van der Waals surface area contributed by atoms with Crippen LogP contribution in [0.1, 0.15) is 38.5 Å². The summed E-state index contributed by atoms with van der Waals surface area (Å²) in [6, 6.07) is -0.131. The molecule has 2 aliphatic rings. The summed E-state index contributed by atoms with van der Waals surface area (Å²) in [5.41, 5.74) is 4.99. The van der Waals surface area contributed by atoms with Crippen molar-refractivity contribution in [2.45, 2.75) is 44.6 Å². The number of urea groups is 1. The average molecular weight is 269 g/mol. The van der Waals surface area contributed by atoms with Gasteiger partial charge in [-0.25, -0.2) is 4.79 Å². The lowest BCUT2D eigenvalue weighted by Crippen LogP contribution is -2.48. The van der Waals surface area contributed by atoms with E-state index in [-0.39, 0.29) is 18.6 Å². The Bertz CT molecular complexity index is 353. The minimum absolute atomic E-state index is 0.0499. The van der Waals surface area contributed by atoms with Crippen molar-refractivity contribution in [2.24, 2.45) is 11.1 Å². The molecule has 4 N–H and O–H groups in total. The summed E-state index contributed by atoms with van der Waals surface area (Å²) in [6.07, 6.45) is 5.07. The Hall–Kier alpha value is -1.30. The molecule has 0 aromatic heterocycles. The third-order valence-electron chi connectivity index (χ3n) is 4.35. The highest BCUT2D eigenvalue weighted by Crippen LogP contribution is 2.36. The van der Waals surface area contributed by atoms with E-state index >= 15 is 0 Å². The monoisotopic (exact) mass is 269 g/mol. The second kappa shape index (κ2) is 5.77. The topological polar surface area (TPSA) is 95.7 Å². The van der Waals surface area contributed by atoms with Crippen LogP contribution in [0.15, 0.2) is 0 Å². The molecule has 1 saturated heterocycles. The highest BCUT2D eigenvalue weighted by Gasteiger charge is 2.40. The maximum Gasteiger partial charge on any atom is 0.317 e. The van der Waals surface area contributed by atoms with Crippen LogP contribution in [0.5, 0.6) is 0 Å². The van der Waals surface area contributed by atoms with Crippen LogP contribution in [0.4, 0.5) is 4.79 Å². The van der Waals surface area contributed by atoms with Crippen LogP contribution < -0.4 is 11.1 Å². The molecule has 2 fully saturated rings. The van der Waals surface area contributed by atoms with Crippen LogP contribution in [0.3, 0.4) is 0 Å². The van der Waals surface area contributed by atoms with E-state index in [0.29, 0.717) is 25.9 Å². The molecule has 2 rings (SSSR count). The van der Waals surface area contributed by atoms with E-state index in [9.17, 15) is 14.7 Å². The summed E-state index contributed by atoms with van der Waals surface area (Å²) in [6.45, 7) is 1.45. The van der Waals surface area contributed by atoms with Crippen molar-refractivity contribution in [1.29, 1.82) is 0 Å². The van der Waals surface area contributed by atoms with Gasteiger partial charge in [-0.15, -0.1) is 0 Å². The van der Waals surface area contributed by atoms with E-state index in [1.807, 2.05) is 0 Å². The van der Waals surface area contributed by atoms with Crippen LogP contribution in [0.25, 0.3) is 0 Å². The largest absolute Gasteiger partial charge is 0.481 e. The number of nitrogens with one attached hydrogen (secondary N) is 1. The van der Waals surface area contributed by atoms with Crippen LogP contribution in [-0.4, -0.2) is 47.7 Å². The lowest BCUT2D eigenvalue weighted by Gasteiger charge is -2.33. The van der Waals surface area contributed by atoms with Gasteiger partial charge in [0.15, 0.2) is 0 Å². The number of carboxylic acids is 1. The molecule has 1 saturated carbocycles. The van der Waals surface area contributed by atoms with E-state index in [4.69, 9.17) is 5.73 Å². The third-order valence-corrected chi connectivity index (χ3v) is 4.35. The standard InChI is InChI=1S/C13H23N3O3/c14-10-4-7-16(8-10)12(19)15-9-13(11(17)18)5-2-1-3-6-13/h10H,1-9,14H2,(H,15,19)(H,17,18). The number of likely N-dealkylation sites (tertiary alicyclic amines) is 1. The van der Waals surface area contributed by atoms with Gasteiger partial charge in [-0.1, -0.05) is 19.3 Å². The van der Waals surface area contributed by atoms with Crippen molar-refractivity contribution < 1.29 is 14.7 Å². The Kier molecular flexibility index (Phi) is 4.29. The molecule has 1 atom stereocenters. The van der Waals surface area contributed by atoms with Crippen molar-refractivity contribution in [2.75, 3.05) is 19.6 Å². The molecular formula is C13H23N3O3. The first-order chi connectivity index (χ1) is 9.03. The van der Waals surface area contributed by atoms with E-state index in [0.717, 1.165) is 25.7 Å². The molecule has 0 spiro atoms. The number of nitrogens with zero attached hydrogens (tertiary/aromatic N) is 1. The van der Waals surface area contributed by atoms with Crippen molar-refractivity contribution in [3.8, 4) is 0 Å². The number of carbonyl (C=O) groups is 2. The SMILES string of the molecule is NC1CCN(C(=O)NCC2(C(=O)O)CCCCC2)C1. The minimum atomic E-state index is -0.786. The lowest BCUT2D eigenvalue weighted by molar-refractivity contribution is -0.150. The third kappa shape index (κ3) is 3.18. The molecule has 0 aromatic carbocycles. The average Bonchev–Trinajstić information content (AvgIpc) is 2.83. The first-order valence-electron chi connectivity index (χ1n) is 7.05. The van der Waals surface area contributed by atoms with Crippen molar-refractivity contribution in [3.63, 3.8) is 0 Å². The summed E-state index contributed by atoms with van der Waals surface area (Å²) in [4.78, 5) is 25.1. The van der Waals surface area contributed by atoms with Crippen LogP contribution >= 0.6 is 0 Å². The van der Waals surface area contributed by atoms with Gasteiger partial charge >= 0.3 is 12.0 Å². The Balaban J connectivity index is 1.88. The number of carbonyl (C=O) groups excluding carboxylic acids is 1. The summed E-state index contributed by atoms with van der Waals surface area (Å²) < 4.78 is 0. The van der Waals surface area contributed by atoms with Gasteiger partial charge in [-0.2, -0.15) is 0 Å². The Morgan fingerprint density at radius 2 is 2.00 bits per heavy atom. The fraction of sp³-hybridized carbons (Fsp3) is 0.846. The predicted molar refractivity (Wildman–Crippen MR) is 70.7 cm³/mol. The molecular weight excluding hydrogens is 246 g/mol. The first kappa shape index (κ1) is 14.1. The van der Waals surface area contributed by atoms with Gasteiger partial charge in [0, 0.05) is 25.7 Å². The molecule has 1 aliphatic carbocycles. The fourth-order valence-electron chi connectivity index (χ4n) is 3.02. The summed E-state index contributed by atoms with van der Waals surface area (Å²) >= 11 is 0. The Labute approximate surface area is 113 Å². The number of hydrogen-bond acceptors (Lipinski definition) is 3. The zero-order valence-electron chi connectivity index (χ0n) is 11.2. The molecule has 6 heteroatoms. The van der Waals surface area contributed by atoms with E-state index in [1.165, 1.54) is 0 Å². The van der Waals surface area contributed by atoms with Crippen LogP contribution in [-0.2, 0) is 4.79 Å². The van der Waals surface area contributed by atoms with Gasteiger partial charge in [0.2, 0.25) is 0 Å². The summed E-state index contributed by atoms with van der Waals surface area (Å²) in [5.74, 6) is -0.786. The number of amides is 2. The van der Waals surface area contributed by atoms with Gasteiger partial charge < -0.3 is 21.1 Å². The fourth-order valence-corrected chi connectivity index (χ4v) is 3.02. The molecule has 2 amide bonds. The molecule has 0 bridgehead atoms. The molecule has 1 unspecified atom stereocenters. The number of carboxylic acid groups (broad SMARTS) is 1. The van der Waals surface area contributed by atoms with Crippen molar-refractivity contribution >= 4 is 12.0 Å². The maximum absolute atomic E-state index is 12.0. The maximum atomic E-state index is 12.0. The highest BCUT2D eigenvalue weighted by molar-refractivity contribution is 5.78. The van der Waals surface area contributed by atoms with Gasteiger partial charge in [-0.3, -0.25) is 4.79 Å². The molecule has 6 nitrogen and oxygen atoms in total. The second-order valence-electron chi connectivity index (χ2n) is 5.80. The lowest BCUT2D eigenvalue weighted by atomic mass is 9.74. The minimum Gasteiger partial charge on any atom is -0.481 e. The number of nitrogens with two attached hydrogens (primary N) is 1. The second-order valence-corrected chi connectivity index (χ2v) is 5.80. The van der Waals surface area contributed by atoms with E-state index in [1.54, 1.807) is 4.90 Å². The number of aliphatic carboxylic acids is 1. The molecule has 0 aromatic rings. The van der Waals surface area contributed by atoms with E-state index < -0.39 is 11.4 Å². The predicted octanol–water partition coefficient (Wildman–Crippen LogP) is 0.764. The smallest absolute Gasteiger partial charge is 0.317 e. The first-order valence-corrected chi connectivity index (χ1v) is 7.05. The van der Waals surface area contributed by atoms with Crippen molar-refractivity contribution in [3.05, 3.63) is 0 Å². The molecule has 19 heavy (non-hydrogen) atoms. The zero-order chi connectivity index (χ0) is 13.9. The Morgan fingerprint density at radius 1 is 1.32 bits per heavy atom. The quantitative estimate of drug-likeness (QED) is 0.705. The van der Waals surface area contributed by atoms with E-state index in [2.05, 4.69) is 5.32 Å². The van der Waals surface area contributed by atoms with Crippen LogP contribution in [0.2, 0.25) is 0 Å². The zero-order valence-corrected chi connectivity index (χ0v) is 11.2. The summed E-state index contributed by atoms with van der Waals surface area (Å²) in [7, 11) is 0.